The topological polar surface area (TPSA) is 64.6 Å². The second-order valence-electron chi connectivity index (χ2n) is 5.26. The normalized spacial score (nSPS) is 11.0. The van der Waals surface area contributed by atoms with Gasteiger partial charge in [0.15, 0.2) is 5.78 Å². The highest BCUT2D eigenvalue weighted by Crippen LogP contribution is 2.08. The highest BCUT2D eigenvalue weighted by atomic mass is 32.1. The number of carbonyl (C=O) groups is 2. The first-order valence-corrected chi connectivity index (χ1v) is 6.60. The first-order chi connectivity index (χ1) is 9.31. The predicted octanol–water partition coefficient (Wildman–Crippen LogP) is 1.84. The fourth-order valence-corrected chi connectivity index (χ4v) is 1.61. The Bertz CT molecular complexity index is 465. The van der Waals surface area contributed by atoms with Gasteiger partial charge in [0.05, 0.1) is 6.54 Å². The van der Waals surface area contributed by atoms with Crippen LogP contribution in [-0.4, -0.2) is 24.0 Å². The van der Waals surface area contributed by atoms with Crippen LogP contribution in [0.5, 0.6) is 0 Å². The summed E-state index contributed by atoms with van der Waals surface area (Å²) in [5, 5.41) is 2.43. The first kappa shape index (κ1) is 16.5. The van der Waals surface area contributed by atoms with Gasteiger partial charge in [0.2, 0.25) is 0 Å². The van der Waals surface area contributed by atoms with E-state index in [1.54, 1.807) is 45.0 Å². The van der Waals surface area contributed by atoms with Gasteiger partial charge in [-0.15, -0.1) is 0 Å². The molecule has 1 rings (SSSR count). The SMILES string of the molecule is CC(C)(C)OC(=O)NCC(=O)c1ccc(CO[SH2+])cc1. The molecule has 0 spiro atoms. The fraction of sp³-hybridized carbons (Fsp3) is 0.429. The van der Waals surface area contributed by atoms with Gasteiger partial charge in [-0.2, -0.15) is 4.18 Å². The zero-order valence-electron chi connectivity index (χ0n) is 11.9. The largest absolute Gasteiger partial charge is 0.444 e. The average Bonchev–Trinajstić information content (AvgIpc) is 2.35. The van der Waals surface area contributed by atoms with E-state index in [2.05, 4.69) is 18.2 Å². The quantitative estimate of drug-likeness (QED) is 0.665. The Kier molecular flexibility index (Phi) is 6.04. The van der Waals surface area contributed by atoms with Crippen molar-refractivity contribution in [3.05, 3.63) is 35.4 Å². The summed E-state index contributed by atoms with van der Waals surface area (Å²) < 4.78 is 9.85. The Hall–Kier alpha value is -1.53. The highest BCUT2D eigenvalue weighted by molar-refractivity contribution is 7.53. The zero-order valence-corrected chi connectivity index (χ0v) is 12.9. The molecule has 0 unspecified atom stereocenters. The molecule has 0 atom stereocenters. The third-order valence-electron chi connectivity index (χ3n) is 2.31. The van der Waals surface area contributed by atoms with E-state index in [9.17, 15) is 9.59 Å². The number of hydrogen-bond donors (Lipinski definition) is 1. The van der Waals surface area contributed by atoms with Crippen molar-refractivity contribution in [1.29, 1.82) is 0 Å². The van der Waals surface area contributed by atoms with Gasteiger partial charge in [0.25, 0.3) is 0 Å². The minimum Gasteiger partial charge on any atom is -0.444 e. The summed E-state index contributed by atoms with van der Waals surface area (Å²) in [6.07, 6.45) is -0.602. The minimum absolute atomic E-state index is 0.0944. The van der Waals surface area contributed by atoms with Crippen LogP contribution in [0.2, 0.25) is 0 Å². The molecule has 0 aliphatic heterocycles. The maximum absolute atomic E-state index is 11.9. The van der Waals surface area contributed by atoms with Crippen LogP contribution in [0.15, 0.2) is 24.3 Å². The van der Waals surface area contributed by atoms with E-state index in [0.29, 0.717) is 12.2 Å². The van der Waals surface area contributed by atoms with Gasteiger partial charge >= 0.3 is 6.09 Å². The molecule has 0 heterocycles. The van der Waals surface area contributed by atoms with Crippen LogP contribution in [0.1, 0.15) is 36.7 Å². The Morgan fingerprint density at radius 3 is 2.30 bits per heavy atom. The van der Waals surface area contributed by atoms with Crippen molar-refractivity contribution < 1.29 is 18.5 Å². The minimum atomic E-state index is -0.602. The molecule has 1 aromatic carbocycles. The molecule has 0 saturated heterocycles. The van der Waals surface area contributed by atoms with Crippen molar-refractivity contribution >= 4 is 24.8 Å². The first-order valence-electron chi connectivity index (χ1n) is 6.19. The van der Waals surface area contributed by atoms with Crippen LogP contribution in [0.4, 0.5) is 4.79 Å². The number of Topliss-reactive ketones (excluding diaryl/α,β-unsaturated/α-hetero) is 1. The second-order valence-corrected chi connectivity index (χ2v) is 5.55. The van der Waals surface area contributed by atoms with E-state index in [0.717, 1.165) is 5.56 Å². The van der Waals surface area contributed by atoms with Gasteiger partial charge in [0, 0.05) is 5.56 Å². The Morgan fingerprint density at radius 1 is 1.20 bits per heavy atom. The summed E-state index contributed by atoms with van der Waals surface area (Å²) in [5.41, 5.74) is 0.889. The molecule has 0 saturated carbocycles. The van der Waals surface area contributed by atoms with Crippen LogP contribution in [0.3, 0.4) is 0 Å². The number of rotatable bonds is 5. The van der Waals surface area contributed by atoms with Gasteiger partial charge in [-0.05, 0) is 26.3 Å². The third kappa shape index (κ3) is 6.08. The van der Waals surface area contributed by atoms with Crippen molar-refractivity contribution in [3.8, 4) is 0 Å². The summed E-state index contributed by atoms with van der Waals surface area (Å²) in [7, 11) is 0. The van der Waals surface area contributed by atoms with Gasteiger partial charge < -0.3 is 10.1 Å². The van der Waals surface area contributed by atoms with E-state index in [4.69, 9.17) is 8.92 Å². The lowest BCUT2D eigenvalue weighted by Crippen LogP contribution is -2.35. The third-order valence-corrected chi connectivity index (χ3v) is 2.45. The van der Waals surface area contributed by atoms with Crippen LogP contribution >= 0.6 is 0 Å². The summed E-state index contributed by atoms with van der Waals surface area (Å²) in [6, 6.07) is 6.97. The molecule has 0 radical (unpaired) electrons. The van der Waals surface area contributed by atoms with Crippen molar-refractivity contribution in [2.75, 3.05) is 6.54 Å². The maximum Gasteiger partial charge on any atom is 0.408 e. The molecule has 0 fully saturated rings. The van der Waals surface area contributed by atoms with Crippen molar-refractivity contribution in [3.63, 3.8) is 0 Å². The number of nitrogens with one attached hydrogen (secondary N) is 1. The van der Waals surface area contributed by atoms with E-state index >= 15 is 0 Å². The van der Waals surface area contributed by atoms with E-state index in [1.165, 1.54) is 0 Å². The van der Waals surface area contributed by atoms with E-state index in [1.807, 2.05) is 0 Å². The van der Waals surface area contributed by atoms with Crippen molar-refractivity contribution in [2.24, 2.45) is 0 Å². The molecule has 110 valence electrons. The molecule has 0 aromatic heterocycles. The molecule has 5 nitrogen and oxygen atoms in total. The number of benzene rings is 1. The van der Waals surface area contributed by atoms with Crippen LogP contribution in [-0.2, 0) is 28.4 Å². The molecule has 0 bridgehead atoms. The lowest BCUT2D eigenvalue weighted by Gasteiger charge is -2.19. The highest BCUT2D eigenvalue weighted by Gasteiger charge is 2.16. The number of ether oxygens (including phenoxy) is 1. The van der Waals surface area contributed by atoms with Gasteiger partial charge in [-0.25, -0.2) is 4.79 Å². The molecular weight excluding hydrogens is 278 g/mol. The number of alkyl carbamates (subject to hydrolysis) is 1. The van der Waals surface area contributed by atoms with Crippen molar-refractivity contribution in [1.82, 2.24) is 5.32 Å². The number of ketones is 1. The summed E-state index contributed by atoms with van der Waals surface area (Å²) in [5.74, 6) is -0.179. The second kappa shape index (κ2) is 7.31. The number of carbonyl (C=O) groups excluding carboxylic acids is 2. The standard InChI is InChI=1S/C14H19NO4S/c1-14(2,3)19-13(17)15-8-12(16)11-6-4-10(5-7-11)9-18-20/h4-7,20H,8-9H2,1-3H3,(H,15,17)/p+1. The smallest absolute Gasteiger partial charge is 0.408 e. The van der Waals surface area contributed by atoms with Crippen LogP contribution in [0, 0.1) is 0 Å². The van der Waals surface area contributed by atoms with Gasteiger partial charge in [-0.1, -0.05) is 24.3 Å². The number of amides is 1. The van der Waals surface area contributed by atoms with E-state index in [-0.39, 0.29) is 12.3 Å². The van der Waals surface area contributed by atoms with Crippen molar-refractivity contribution in [2.45, 2.75) is 33.0 Å². The lowest BCUT2D eigenvalue weighted by atomic mass is 10.1. The van der Waals surface area contributed by atoms with Gasteiger partial charge in [0.1, 0.15) is 25.1 Å². The molecule has 20 heavy (non-hydrogen) atoms. The Labute approximate surface area is 124 Å². The molecular formula is C14H20NO4S+. The molecule has 1 amide bonds. The summed E-state index contributed by atoms with van der Waals surface area (Å²) >= 11 is 2.92. The molecule has 6 heteroatoms. The Balaban J connectivity index is 2.48. The van der Waals surface area contributed by atoms with Crippen LogP contribution in [0.25, 0.3) is 0 Å². The number of hydrogen-bond acceptors (Lipinski definition) is 4. The lowest BCUT2D eigenvalue weighted by molar-refractivity contribution is 0.0520. The monoisotopic (exact) mass is 298 g/mol. The molecule has 1 N–H and O–H groups in total. The maximum atomic E-state index is 11.9. The van der Waals surface area contributed by atoms with E-state index < -0.39 is 11.7 Å². The summed E-state index contributed by atoms with van der Waals surface area (Å²) in [6.45, 7) is 5.61. The zero-order chi connectivity index (χ0) is 15.2. The Morgan fingerprint density at radius 2 is 1.80 bits per heavy atom. The molecule has 1 aromatic rings. The average molecular weight is 298 g/mol. The van der Waals surface area contributed by atoms with Crippen LogP contribution < -0.4 is 5.32 Å². The predicted molar refractivity (Wildman–Crippen MR) is 80.0 cm³/mol. The fourth-order valence-electron chi connectivity index (χ4n) is 1.44. The summed E-state index contributed by atoms with van der Waals surface area (Å²) in [4.78, 5) is 23.3. The molecule has 0 aliphatic rings. The van der Waals surface area contributed by atoms with Gasteiger partial charge in [-0.3, -0.25) is 4.79 Å². The molecule has 0 aliphatic carbocycles.